The third kappa shape index (κ3) is 5.66. The Morgan fingerprint density at radius 2 is 1.60 bits per heavy atom. The van der Waals surface area contributed by atoms with E-state index >= 15 is 0 Å². The third-order valence-electron chi connectivity index (χ3n) is 3.45. The molecular formula is C18H18Cl2N2O3. The molecule has 2 N–H and O–H groups in total. The molecule has 2 amide bonds. The quantitative estimate of drug-likeness (QED) is 0.781. The molecule has 0 bridgehead atoms. The van der Waals surface area contributed by atoms with Gasteiger partial charge in [-0.25, -0.2) is 0 Å². The van der Waals surface area contributed by atoms with E-state index in [0.29, 0.717) is 21.4 Å². The summed E-state index contributed by atoms with van der Waals surface area (Å²) in [4.78, 5) is 23.7. The molecule has 0 aliphatic rings. The number of para-hydroxylation sites is 1. The van der Waals surface area contributed by atoms with E-state index in [1.165, 1.54) is 0 Å². The van der Waals surface area contributed by atoms with Crippen molar-refractivity contribution in [2.45, 2.75) is 20.3 Å². The second-order valence-corrected chi connectivity index (χ2v) is 6.35. The van der Waals surface area contributed by atoms with Gasteiger partial charge in [-0.15, -0.1) is 0 Å². The molecule has 0 fully saturated rings. The Morgan fingerprint density at radius 1 is 0.960 bits per heavy atom. The molecule has 0 aliphatic heterocycles. The molecule has 0 saturated carbocycles. The minimum absolute atomic E-state index is 0.0644. The van der Waals surface area contributed by atoms with Gasteiger partial charge >= 0.3 is 0 Å². The van der Waals surface area contributed by atoms with E-state index in [-0.39, 0.29) is 18.9 Å². The number of carbonyl (C=O) groups excluding carboxylic acids is 2. The van der Waals surface area contributed by atoms with Crippen LogP contribution in [0.3, 0.4) is 0 Å². The van der Waals surface area contributed by atoms with Crippen molar-refractivity contribution in [3.63, 3.8) is 0 Å². The molecule has 132 valence electrons. The number of hydrogen-bond acceptors (Lipinski definition) is 3. The van der Waals surface area contributed by atoms with Crippen LogP contribution in [0.4, 0.5) is 0 Å². The van der Waals surface area contributed by atoms with Crippen molar-refractivity contribution in [1.29, 1.82) is 0 Å². The predicted molar refractivity (Wildman–Crippen MR) is 97.9 cm³/mol. The maximum Gasteiger partial charge on any atom is 0.276 e. The summed E-state index contributed by atoms with van der Waals surface area (Å²) in [6.45, 7) is 3.61. The molecule has 0 saturated heterocycles. The number of benzene rings is 2. The Morgan fingerprint density at radius 3 is 2.24 bits per heavy atom. The molecule has 0 aromatic heterocycles. The molecule has 0 aliphatic carbocycles. The monoisotopic (exact) mass is 380 g/mol. The molecule has 0 atom stereocenters. The van der Waals surface area contributed by atoms with Crippen LogP contribution in [-0.4, -0.2) is 18.4 Å². The van der Waals surface area contributed by atoms with Gasteiger partial charge in [0.1, 0.15) is 5.75 Å². The summed E-state index contributed by atoms with van der Waals surface area (Å²) in [7, 11) is 0. The summed E-state index contributed by atoms with van der Waals surface area (Å²) >= 11 is 11.7. The highest BCUT2D eigenvalue weighted by Gasteiger charge is 2.09. The van der Waals surface area contributed by atoms with Crippen LogP contribution in [0, 0.1) is 13.8 Å². The van der Waals surface area contributed by atoms with Crippen LogP contribution in [0.1, 0.15) is 16.7 Å². The zero-order chi connectivity index (χ0) is 18.4. The Balaban J connectivity index is 1.79. The predicted octanol–water partition coefficient (Wildman–Crippen LogP) is 3.38. The number of rotatable bonds is 5. The zero-order valence-electron chi connectivity index (χ0n) is 13.9. The number of nitrogens with one attached hydrogen (secondary N) is 2. The highest BCUT2D eigenvalue weighted by Crippen LogP contribution is 2.23. The molecule has 5 nitrogen and oxygen atoms in total. The summed E-state index contributed by atoms with van der Waals surface area (Å²) in [6, 6.07) is 10.6. The van der Waals surface area contributed by atoms with Crippen LogP contribution in [0.5, 0.6) is 5.75 Å². The lowest BCUT2D eigenvalue weighted by molar-refractivity contribution is -0.129. The van der Waals surface area contributed by atoms with Gasteiger partial charge in [0.25, 0.3) is 5.91 Å². The van der Waals surface area contributed by atoms with Gasteiger partial charge in [-0.3, -0.25) is 20.4 Å². The van der Waals surface area contributed by atoms with Gasteiger partial charge in [0, 0.05) is 0 Å². The normalized spacial score (nSPS) is 10.2. The molecule has 0 radical (unpaired) electrons. The standard InChI is InChI=1S/C18H18Cl2N2O3/c1-11-4-3-5-12(2)18(11)25-10-17(24)22-21-16(23)9-13-6-7-14(19)15(20)8-13/h3-8H,9-10H2,1-2H3,(H,21,23)(H,22,24). The van der Waals surface area contributed by atoms with Gasteiger partial charge in [-0.2, -0.15) is 0 Å². The van der Waals surface area contributed by atoms with Gasteiger partial charge in [-0.1, -0.05) is 47.5 Å². The average Bonchev–Trinajstić information content (AvgIpc) is 2.56. The first-order valence-electron chi connectivity index (χ1n) is 7.57. The summed E-state index contributed by atoms with van der Waals surface area (Å²) in [5, 5.41) is 0.792. The lowest BCUT2D eigenvalue weighted by Crippen LogP contribution is -2.44. The highest BCUT2D eigenvalue weighted by molar-refractivity contribution is 6.42. The van der Waals surface area contributed by atoms with E-state index in [2.05, 4.69) is 10.9 Å². The topological polar surface area (TPSA) is 67.4 Å². The van der Waals surface area contributed by atoms with Crippen LogP contribution < -0.4 is 15.6 Å². The second-order valence-electron chi connectivity index (χ2n) is 5.53. The van der Waals surface area contributed by atoms with Crippen molar-refractivity contribution in [2.24, 2.45) is 0 Å². The Kier molecular flexibility index (Phi) is 6.67. The van der Waals surface area contributed by atoms with E-state index in [1.54, 1.807) is 18.2 Å². The minimum Gasteiger partial charge on any atom is -0.483 e. The maximum atomic E-state index is 11.9. The number of carbonyl (C=O) groups is 2. The molecule has 2 aromatic carbocycles. The molecule has 7 heteroatoms. The number of ether oxygens (including phenoxy) is 1. The fraction of sp³-hybridized carbons (Fsp3) is 0.222. The molecule has 2 rings (SSSR count). The molecular weight excluding hydrogens is 363 g/mol. The lowest BCUT2D eigenvalue weighted by Gasteiger charge is -2.12. The second kappa shape index (κ2) is 8.74. The summed E-state index contributed by atoms with van der Waals surface area (Å²) < 4.78 is 5.51. The van der Waals surface area contributed by atoms with Crippen molar-refractivity contribution in [3.05, 3.63) is 63.1 Å². The molecule has 0 spiro atoms. The van der Waals surface area contributed by atoms with Crippen LogP contribution in [0.2, 0.25) is 10.0 Å². The molecule has 0 unspecified atom stereocenters. The first kappa shape index (κ1) is 19.1. The Hall–Kier alpha value is -2.24. The number of amides is 2. The van der Waals surface area contributed by atoms with Gasteiger partial charge < -0.3 is 4.74 Å². The zero-order valence-corrected chi connectivity index (χ0v) is 15.4. The van der Waals surface area contributed by atoms with Gasteiger partial charge in [0.05, 0.1) is 16.5 Å². The molecule has 0 heterocycles. The first-order chi connectivity index (χ1) is 11.9. The number of hydrazine groups is 1. The summed E-state index contributed by atoms with van der Waals surface area (Å²) in [6.07, 6.45) is 0.0644. The summed E-state index contributed by atoms with van der Waals surface area (Å²) in [5.41, 5.74) is 7.22. The fourth-order valence-electron chi connectivity index (χ4n) is 2.22. The van der Waals surface area contributed by atoms with Crippen molar-refractivity contribution in [1.82, 2.24) is 10.9 Å². The van der Waals surface area contributed by atoms with E-state index < -0.39 is 5.91 Å². The SMILES string of the molecule is Cc1cccc(C)c1OCC(=O)NNC(=O)Cc1ccc(Cl)c(Cl)c1. The largest absolute Gasteiger partial charge is 0.483 e. The van der Waals surface area contributed by atoms with E-state index in [9.17, 15) is 9.59 Å². The van der Waals surface area contributed by atoms with Gasteiger partial charge in [-0.05, 0) is 42.7 Å². The maximum absolute atomic E-state index is 11.9. The fourth-order valence-corrected chi connectivity index (χ4v) is 2.54. The Bertz CT molecular complexity index is 774. The average molecular weight is 381 g/mol. The van der Waals surface area contributed by atoms with Crippen molar-refractivity contribution in [2.75, 3.05) is 6.61 Å². The molecule has 2 aromatic rings. The van der Waals surface area contributed by atoms with E-state index in [1.807, 2.05) is 32.0 Å². The van der Waals surface area contributed by atoms with Crippen LogP contribution in [-0.2, 0) is 16.0 Å². The van der Waals surface area contributed by atoms with Crippen molar-refractivity contribution in [3.8, 4) is 5.75 Å². The third-order valence-corrected chi connectivity index (χ3v) is 4.19. The van der Waals surface area contributed by atoms with Crippen LogP contribution in [0.25, 0.3) is 0 Å². The van der Waals surface area contributed by atoms with Crippen molar-refractivity contribution < 1.29 is 14.3 Å². The summed E-state index contributed by atoms with van der Waals surface area (Å²) in [5.74, 6) is -0.163. The minimum atomic E-state index is -0.454. The molecule has 25 heavy (non-hydrogen) atoms. The Labute approximate surface area is 156 Å². The van der Waals surface area contributed by atoms with Gasteiger partial charge in [0.15, 0.2) is 6.61 Å². The smallest absolute Gasteiger partial charge is 0.276 e. The lowest BCUT2D eigenvalue weighted by atomic mass is 10.1. The van der Waals surface area contributed by atoms with Gasteiger partial charge in [0.2, 0.25) is 5.91 Å². The number of halogens is 2. The van der Waals surface area contributed by atoms with E-state index in [0.717, 1.165) is 11.1 Å². The van der Waals surface area contributed by atoms with Crippen LogP contribution >= 0.6 is 23.2 Å². The number of aryl methyl sites for hydroxylation is 2. The first-order valence-corrected chi connectivity index (χ1v) is 8.33. The van der Waals surface area contributed by atoms with E-state index in [4.69, 9.17) is 27.9 Å². The van der Waals surface area contributed by atoms with Crippen LogP contribution in [0.15, 0.2) is 36.4 Å². The highest BCUT2D eigenvalue weighted by atomic mass is 35.5. The number of hydrogen-bond donors (Lipinski definition) is 2. The van der Waals surface area contributed by atoms with Crippen molar-refractivity contribution >= 4 is 35.0 Å².